The predicted molar refractivity (Wildman–Crippen MR) is 98.4 cm³/mol. The minimum absolute atomic E-state index is 0.0146. The Bertz CT molecular complexity index is 644. The third kappa shape index (κ3) is 5.68. The van der Waals surface area contributed by atoms with Gasteiger partial charge in [0.2, 0.25) is 0 Å². The van der Waals surface area contributed by atoms with E-state index in [4.69, 9.17) is 16.3 Å². The number of halogens is 3. The second-order valence-corrected chi connectivity index (χ2v) is 8.52. The second kappa shape index (κ2) is 8.04. The number of ketones is 1. The van der Waals surface area contributed by atoms with Crippen LogP contribution in [0, 0.1) is 11.7 Å². The van der Waals surface area contributed by atoms with E-state index in [1.807, 2.05) is 20.8 Å². The van der Waals surface area contributed by atoms with Crippen LogP contribution in [-0.2, 0) is 16.0 Å². The van der Waals surface area contributed by atoms with E-state index < -0.39 is 11.4 Å². The number of likely N-dealkylation sites (tertiary alicyclic amines) is 1. The van der Waals surface area contributed by atoms with Crippen LogP contribution in [0.15, 0.2) is 16.6 Å². The van der Waals surface area contributed by atoms with Crippen molar-refractivity contribution >= 4 is 39.4 Å². The zero-order valence-electron chi connectivity index (χ0n) is 14.6. The third-order valence-corrected chi connectivity index (χ3v) is 4.98. The van der Waals surface area contributed by atoms with Crippen LogP contribution >= 0.6 is 27.5 Å². The van der Waals surface area contributed by atoms with Crippen molar-refractivity contribution in [1.82, 2.24) is 4.90 Å². The summed E-state index contributed by atoms with van der Waals surface area (Å²) in [6, 6.07) is 2.79. The van der Waals surface area contributed by atoms with E-state index in [9.17, 15) is 14.0 Å². The highest BCUT2D eigenvalue weighted by Crippen LogP contribution is 2.28. The van der Waals surface area contributed by atoms with Crippen LogP contribution in [-0.4, -0.2) is 35.5 Å². The van der Waals surface area contributed by atoms with Crippen molar-refractivity contribution in [1.29, 1.82) is 0 Å². The van der Waals surface area contributed by atoms with Gasteiger partial charge in [0, 0.05) is 40.5 Å². The van der Waals surface area contributed by atoms with E-state index in [-0.39, 0.29) is 29.2 Å². The fourth-order valence-electron chi connectivity index (χ4n) is 2.77. The molecule has 0 aromatic heterocycles. The maximum atomic E-state index is 14.0. The monoisotopic (exact) mass is 433 g/mol. The summed E-state index contributed by atoms with van der Waals surface area (Å²) < 4.78 is 19.9. The SMILES string of the molecule is CC(C)(C)OC(=O)N1CCC(C(=O)Cc2c(F)cc(Cl)cc2Br)CC1. The fraction of sp³-hybridized carbons (Fsp3) is 0.556. The van der Waals surface area contributed by atoms with Crippen LogP contribution in [0.2, 0.25) is 5.02 Å². The number of nitrogens with zero attached hydrogens (tertiary/aromatic N) is 1. The number of carbonyl (C=O) groups excluding carboxylic acids is 2. The maximum absolute atomic E-state index is 14.0. The number of carbonyl (C=O) groups is 2. The molecule has 1 aromatic rings. The van der Waals surface area contributed by atoms with Gasteiger partial charge in [-0.2, -0.15) is 0 Å². The van der Waals surface area contributed by atoms with E-state index >= 15 is 0 Å². The molecular weight excluding hydrogens is 413 g/mol. The van der Waals surface area contributed by atoms with E-state index in [1.165, 1.54) is 6.07 Å². The number of benzene rings is 1. The van der Waals surface area contributed by atoms with E-state index in [0.717, 1.165) is 0 Å². The minimum Gasteiger partial charge on any atom is -0.444 e. The molecule has 1 fully saturated rings. The van der Waals surface area contributed by atoms with Crippen molar-refractivity contribution in [3.63, 3.8) is 0 Å². The lowest BCUT2D eigenvalue weighted by atomic mass is 9.89. The van der Waals surface area contributed by atoms with Crippen molar-refractivity contribution in [2.75, 3.05) is 13.1 Å². The molecule has 25 heavy (non-hydrogen) atoms. The molecule has 1 aliphatic rings. The summed E-state index contributed by atoms with van der Waals surface area (Å²) in [5.41, 5.74) is -0.216. The molecule has 0 aliphatic carbocycles. The Kier molecular flexibility index (Phi) is 6.49. The van der Waals surface area contributed by atoms with Gasteiger partial charge in [-0.15, -0.1) is 0 Å². The van der Waals surface area contributed by atoms with Gasteiger partial charge in [0.25, 0.3) is 0 Å². The summed E-state index contributed by atoms with van der Waals surface area (Å²) in [4.78, 5) is 26.2. The lowest BCUT2D eigenvalue weighted by Crippen LogP contribution is -2.43. The van der Waals surface area contributed by atoms with Gasteiger partial charge in [0.1, 0.15) is 17.2 Å². The highest BCUT2D eigenvalue weighted by molar-refractivity contribution is 9.10. The number of piperidine rings is 1. The number of Topliss-reactive ketones (excluding diaryl/α,β-unsaturated/α-hetero) is 1. The largest absolute Gasteiger partial charge is 0.444 e. The first-order chi connectivity index (χ1) is 11.6. The Balaban J connectivity index is 1.93. The molecule has 1 aromatic carbocycles. The first-order valence-electron chi connectivity index (χ1n) is 8.21. The number of hydrogen-bond donors (Lipinski definition) is 0. The van der Waals surface area contributed by atoms with E-state index in [0.29, 0.717) is 36.0 Å². The van der Waals surface area contributed by atoms with Gasteiger partial charge in [-0.05, 0) is 45.7 Å². The van der Waals surface area contributed by atoms with Gasteiger partial charge in [-0.1, -0.05) is 27.5 Å². The molecule has 0 bridgehead atoms. The van der Waals surface area contributed by atoms with Crippen molar-refractivity contribution in [3.05, 3.63) is 33.0 Å². The molecule has 4 nitrogen and oxygen atoms in total. The Morgan fingerprint density at radius 1 is 1.32 bits per heavy atom. The second-order valence-electron chi connectivity index (χ2n) is 7.23. The molecule has 0 saturated carbocycles. The lowest BCUT2D eigenvalue weighted by molar-refractivity contribution is -0.123. The van der Waals surface area contributed by atoms with Crippen LogP contribution < -0.4 is 0 Å². The van der Waals surface area contributed by atoms with Crippen LogP contribution in [0.1, 0.15) is 39.2 Å². The van der Waals surface area contributed by atoms with Crippen LogP contribution in [0.5, 0.6) is 0 Å². The summed E-state index contributed by atoms with van der Waals surface area (Å²) >= 11 is 9.06. The predicted octanol–water partition coefficient (Wildman–Crippen LogP) is 5.00. The highest BCUT2D eigenvalue weighted by Gasteiger charge is 2.30. The first kappa shape index (κ1) is 20.2. The van der Waals surface area contributed by atoms with Crippen LogP contribution in [0.4, 0.5) is 9.18 Å². The van der Waals surface area contributed by atoms with Crippen molar-refractivity contribution in [2.45, 2.75) is 45.6 Å². The van der Waals surface area contributed by atoms with Crippen molar-refractivity contribution in [3.8, 4) is 0 Å². The molecule has 0 spiro atoms. The molecule has 1 amide bonds. The molecule has 1 heterocycles. The van der Waals surface area contributed by atoms with Crippen molar-refractivity contribution < 1.29 is 18.7 Å². The Labute approximate surface area is 160 Å². The molecule has 1 aliphatic heterocycles. The summed E-state index contributed by atoms with van der Waals surface area (Å²) in [5, 5.41) is 0.284. The fourth-order valence-corrected chi connectivity index (χ4v) is 3.68. The molecule has 1 saturated heterocycles. The maximum Gasteiger partial charge on any atom is 0.410 e. The zero-order chi connectivity index (χ0) is 18.8. The minimum atomic E-state index is -0.540. The van der Waals surface area contributed by atoms with Crippen LogP contribution in [0.3, 0.4) is 0 Å². The molecule has 2 rings (SSSR count). The summed E-state index contributed by atoms with van der Waals surface area (Å²) in [7, 11) is 0. The van der Waals surface area contributed by atoms with Crippen LogP contribution in [0.25, 0.3) is 0 Å². The number of hydrogen-bond acceptors (Lipinski definition) is 3. The van der Waals surface area contributed by atoms with Gasteiger partial charge < -0.3 is 9.64 Å². The molecule has 0 N–H and O–H groups in total. The Morgan fingerprint density at radius 3 is 2.44 bits per heavy atom. The average molecular weight is 435 g/mol. The molecule has 0 atom stereocenters. The van der Waals surface area contributed by atoms with Gasteiger partial charge >= 0.3 is 6.09 Å². The number of rotatable bonds is 3. The molecule has 0 radical (unpaired) electrons. The van der Waals surface area contributed by atoms with Gasteiger partial charge in [0.05, 0.1) is 0 Å². The van der Waals surface area contributed by atoms with Crippen molar-refractivity contribution in [2.24, 2.45) is 5.92 Å². The standard InChI is InChI=1S/C18H22BrClFNO3/c1-18(2,3)25-17(24)22-6-4-11(5-7-22)16(23)10-13-14(19)8-12(20)9-15(13)21/h8-9,11H,4-7,10H2,1-3H3. The van der Waals surface area contributed by atoms with Gasteiger partial charge in [-0.3, -0.25) is 4.79 Å². The number of ether oxygens (including phenoxy) is 1. The smallest absolute Gasteiger partial charge is 0.410 e. The lowest BCUT2D eigenvalue weighted by Gasteiger charge is -2.33. The highest BCUT2D eigenvalue weighted by atomic mass is 79.9. The Hall–Kier alpha value is -1.14. The third-order valence-electron chi connectivity index (χ3n) is 4.06. The molecule has 7 heteroatoms. The number of amides is 1. The molecule has 138 valence electrons. The van der Waals surface area contributed by atoms with Gasteiger partial charge in [0.15, 0.2) is 0 Å². The van der Waals surface area contributed by atoms with E-state index in [1.54, 1.807) is 11.0 Å². The van der Waals surface area contributed by atoms with E-state index in [2.05, 4.69) is 15.9 Å². The normalized spacial score (nSPS) is 16.0. The summed E-state index contributed by atoms with van der Waals surface area (Å²) in [6.07, 6.45) is 0.779. The topological polar surface area (TPSA) is 46.6 Å². The summed E-state index contributed by atoms with van der Waals surface area (Å²) in [6.45, 7) is 6.39. The quantitative estimate of drug-likeness (QED) is 0.672. The Morgan fingerprint density at radius 2 is 1.92 bits per heavy atom. The zero-order valence-corrected chi connectivity index (χ0v) is 16.9. The van der Waals surface area contributed by atoms with Gasteiger partial charge in [-0.25, -0.2) is 9.18 Å². The summed E-state index contributed by atoms with van der Waals surface area (Å²) in [5.74, 6) is -0.689. The molecular formula is C18H22BrClFNO3. The first-order valence-corrected chi connectivity index (χ1v) is 9.38. The molecule has 0 unspecified atom stereocenters. The average Bonchev–Trinajstić information content (AvgIpc) is 2.49.